The Hall–Kier alpha value is -4.28. The van der Waals surface area contributed by atoms with Crippen LogP contribution in [0.5, 0.6) is 0 Å². The molecule has 0 spiro atoms. The summed E-state index contributed by atoms with van der Waals surface area (Å²) in [7, 11) is 0. The predicted molar refractivity (Wildman–Crippen MR) is 138 cm³/mol. The molecule has 0 bridgehead atoms. The molecule has 0 saturated carbocycles. The van der Waals surface area contributed by atoms with Crippen LogP contribution in [0.3, 0.4) is 0 Å². The van der Waals surface area contributed by atoms with Crippen molar-refractivity contribution in [3.05, 3.63) is 142 Å². The zero-order chi connectivity index (χ0) is 24.4. The van der Waals surface area contributed by atoms with E-state index in [1.807, 2.05) is 67.6 Å². The molecular formula is C30H21ClN2O2. The highest BCUT2D eigenvalue weighted by Crippen LogP contribution is 2.32. The number of halogens is 1. The van der Waals surface area contributed by atoms with E-state index in [1.54, 1.807) is 53.2 Å². The number of carbonyl (C=O) groups is 2. The molecule has 0 fully saturated rings. The molecule has 0 radical (unpaired) electrons. The summed E-state index contributed by atoms with van der Waals surface area (Å²) in [5, 5.41) is 5.40. The molecule has 0 saturated heterocycles. The van der Waals surface area contributed by atoms with Crippen molar-refractivity contribution in [2.45, 2.75) is 6.92 Å². The van der Waals surface area contributed by atoms with Crippen LogP contribution in [-0.2, 0) is 0 Å². The summed E-state index contributed by atoms with van der Waals surface area (Å²) in [6.07, 6.45) is 0. The molecule has 35 heavy (non-hydrogen) atoms. The summed E-state index contributed by atoms with van der Waals surface area (Å²) < 4.78 is 1.57. The summed E-state index contributed by atoms with van der Waals surface area (Å²) in [6.45, 7) is 1.96. The van der Waals surface area contributed by atoms with E-state index in [1.165, 1.54) is 0 Å². The van der Waals surface area contributed by atoms with Crippen LogP contribution in [0.1, 0.15) is 37.5 Å². The minimum atomic E-state index is -0.277. The average Bonchev–Trinajstić information content (AvgIpc) is 3.30. The molecule has 0 unspecified atom stereocenters. The Balaban J connectivity index is 1.82. The second-order valence-corrected chi connectivity index (χ2v) is 8.65. The number of para-hydroxylation sites is 1. The zero-order valence-corrected chi connectivity index (χ0v) is 19.7. The first-order chi connectivity index (χ1) is 17.0. The van der Waals surface area contributed by atoms with Gasteiger partial charge < -0.3 is 0 Å². The molecule has 4 nitrogen and oxygen atoms in total. The van der Waals surface area contributed by atoms with Gasteiger partial charge in [0.15, 0.2) is 5.78 Å². The van der Waals surface area contributed by atoms with E-state index in [2.05, 4.69) is 0 Å². The third-order valence-electron chi connectivity index (χ3n) is 5.80. The number of benzene rings is 4. The molecule has 0 N–H and O–H groups in total. The third-order valence-corrected chi connectivity index (χ3v) is 6.05. The first kappa shape index (κ1) is 22.5. The lowest BCUT2D eigenvalue weighted by molar-refractivity contribution is 0.0999. The molecule has 5 aromatic rings. The summed E-state index contributed by atoms with van der Waals surface area (Å²) in [6, 6.07) is 32.7. The minimum Gasteiger partial charge on any atom is -0.288 e. The van der Waals surface area contributed by atoms with Gasteiger partial charge in [-0.3, -0.25) is 9.59 Å². The number of ketones is 2. The highest BCUT2D eigenvalue weighted by molar-refractivity contribution is 6.30. The fraction of sp³-hybridized carbons (Fsp3) is 0.0333. The maximum Gasteiger partial charge on any atom is 0.212 e. The largest absolute Gasteiger partial charge is 0.288 e. The maximum absolute atomic E-state index is 14.0. The monoisotopic (exact) mass is 476 g/mol. The highest BCUT2D eigenvalue weighted by atomic mass is 35.5. The standard InChI is InChI=1S/C30H21ClN2O2/c1-20-12-14-23(15-13-20)30(35)28-26(29(34)22-8-4-2-5-9-22)27(21-16-18-24(31)19-17-21)32-33(28)25-10-6-3-7-11-25/h2-19H,1H3. The van der Waals surface area contributed by atoms with E-state index in [9.17, 15) is 9.59 Å². The first-order valence-corrected chi connectivity index (χ1v) is 11.6. The molecule has 0 atom stereocenters. The fourth-order valence-electron chi connectivity index (χ4n) is 3.98. The Labute approximate surface area is 208 Å². The summed E-state index contributed by atoms with van der Waals surface area (Å²) in [5.41, 5.74) is 4.29. The minimum absolute atomic E-state index is 0.221. The van der Waals surface area contributed by atoms with Crippen molar-refractivity contribution in [1.29, 1.82) is 0 Å². The van der Waals surface area contributed by atoms with Crippen molar-refractivity contribution in [2.75, 3.05) is 0 Å². The molecular weight excluding hydrogens is 456 g/mol. The molecule has 1 heterocycles. The lowest BCUT2D eigenvalue weighted by atomic mass is 9.94. The Kier molecular flexibility index (Phi) is 6.13. The highest BCUT2D eigenvalue weighted by Gasteiger charge is 2.31. The van der Waals surface area contributed by atoms with E-state index in [0.29, 0.717) is 33.1 Å². The van der Waals surface area contributed by atoms with E-state index in [-0.39, 0.29) is 22.8 Å². The van der Waals surface area contributed by atoms with Crippen LogP contribution < -0.4 is 0 Å². The molecule has 5 rings (SSSR count). The number of aromatic nitrogens is 2. The molecule has 0 aliphatic carbocycles. The van der Waals surface area contributed by atoms with Gasteiger partial charge in [0, 0.05) is 21.7 Å². The van der Waals surface area contributed by atoms with Crippen molar-refractivity contribution < 1.29 is 9.59 Å². The lowest BCUT2D eigenvalue weighted by Gasteiger charge is -2.10. The molecule has 0 aliphatic heterocycles. The van der Waals surface area contributed by atoms with Crippen LogP contribution >= 0.6 is 11.6 Å². The molecule has 0 aliphatic rings. The number of rotatable bonds is 6. The van der Waals surface area contributed by atoms with Crippen LogP contribution in [0.4, 0.5) is 0 Å². The van der Waals surface area contributed by atoms with Crippen molar-refractivity contribution in [3.63, 3.8) is 0 Å². The Morgan fingerprint density at radius 3 is 1.89 bits per heavy atom. The second kappa shape index (κ2) is 9.53. The number of nitrogens with zero attached hydrogens (tertiary/aromatic N) is 2. The van der Waals surface area contributed by atoms with Gasteiger partial charge in [0.1, 0.15) is 11.4 Å². The molecule has 170 valence electrons. The van der Waals surface area contributed by atoms with E-state index in [0.717, 1.165) is 5.56 Å². The Bertz CT molecular complexity index is 1510. The molecule has 1 aromatic heterocycles. The van der Waals surface area contributed by atoms with Crippen LogP contribution in [-0.4, -0.2) is 21.3 Å². The molecule has 4 aromatic carbocycles. The van der Waals surface area contributed by atoms with Gasteiger partial charge >= 0.3 is 0 Å². The van der Waals surface area contributed by atoms with E-state index < -0.39 is 0 Å². The van der Waals surface area contributed by atoms with Gasteiger partial charge in [-0.2, -0.15) is 5.10 Å². The van der Waals surface area contributed by atoms with Gasteiger partial charge in [-0.25, -0.2) is 4.68 Å². The van der Waals surface area contributed by atoms with Gasteiger partial charge in [0.2, 0.25) is 5.78 Å². The Morgan fingerprint density at radius 2 is 1.26 bits per heavy atom. The van der Waals surface area contributed by atoms with E-state index in [4.69, 9.17) is 16.7 Å². The zero-order valence-electron chi connectivity index (χ0n) is 19.0. The van der Waals surface area contributed by atoms with E-state index >= 15 is 0 Å². The summed E-state index contributed by atoms with van der Waals surface area (Å²) >= 11 is 6.13. The molecule has 0 amide bonds. The summed E-state index contributed by atoms with van der Waals surface area (Å²) in [4.78, 5) is 27.9. The van der Waals surface area contributed by atoms with Gasteiger partial charge in [-0.15, -0.1) is 0 Å². The smallest absolute Gasteiger partial charge is 0.212 e. The number of carbonyl (C=O) groups excluding carboxylic acids is 2. The third kappa shape index (κ3) is 4.44. The van der Waals surface area contributed by atoms with Crippen molar-refractivity contribution >= 4 is 23.2 Å². The van der Waals surface area contributed by atoms with Crippen molar-refractivity contribution in [3.8, 4) is 16.9 Å². The van der Waals surface area contributed by atoms with Crippen molar-refractivity contribution in [1.82, 2.24) is 9.78 Å². The maximum atomic E-state index is 14.0. The quantitative estimate of drug-likeness (QED) is 0.249. The van der Waals surface area contributed by atoms with Gasteiger partial charge in [0.05, 0.1) is 11.3 Å². The molecule has 5 heteroatoms. The van der Waals surface area contributed by atoms with Crippen LogP contribution in [0.2, 0.25) is 5.02 Å². The number of aryl methyl sites for hydroxylation is 1. The first-order valence-electron chi connectivity index (χ1n) is 11.2. The SMILES string of the molecule is Cc1ccc(C(=O)c2c(C(=O)c3ccccc3)c(-c3ccc(Cl)cc3)nn2-c2ccccc2)cc1. The number of hydrogen-bond acceptors (Lipinski definition) is 3. The van der Waals surface area contributed by atoms with Crippen LogP contribution in [0, 0.1) is 6.92 Å². The number of hydrogen-bond donors (Lipinski definition) is 0. The van der Waals surface area contributed by atoms with Crippen LogP contribution in [0.15, 0.2) is 109 Å². The van der Waals surface area contributed by atoms with Gasteiger partial charge in [0.25, 0.3) is 0 Å². The summed E-state index contributed by atoms with van der Waals surface area (Å²) in [5.74, 6) is -0.547. The van der Waals surface area contributed by atoms with Crippen molar-refractivity contribution in [2.24, 2.45) is 0 Å². The fourth-order valence-corrected chi connectivity index (χ4v) is 4.11. The Morgan fingerprint density at radius 1 is 0.686 bits per heavy atom. The second-order valence-electron chi connectivity index (χ2n) is 8.22. The average molecular weight is 477 g/mol. The lowest BCUT2D eigenvalue weighted by Crippen LogP contribution is -2.15. The topological polar surface area (TPSA) is 52.0 Å². The predicted octanol–water partition coefficient (Wildman–Crippen LogP) is 6.96. The normalized spacial score (nSPS) is 10.8. The van der Waals surface area contributed by atoms with Gasteiger partial charge in [-0.05, 0) is 31.2 Å². The van der Waals surface area contributed by atoms with Gasteiger partial charge in [-0.1, -0.05) is 102 Å². The van der Waals surface area contributed by atoms with Crippen LogP contribution in [0.25, 0.3) is 16.9 Å².